The third-order valence-corrected chi connectivity index (χ3v) is 7.38. The monoisotopic (exact) mass is 580 g/mol. The number of benzene rings is 4. The van der Waals surface area contributed by atoms with E-state index in [1.165, 1.54) is 0 Å². The second-order valence-corrected chi connectivity index (χ2v) is 10.6. The van der Waals surface area contributed by atoms with E-state index < -0.39 is 24.4 Å². The molecule has 0 unspecified atom stereocenters. The molecule has 5 rings (SSSR count). The molecule has 1 saturated heterocycles. The molecule has 4 aromatic rings. The van der Waals surface area contributed by atoms with Gasteiger partial charge in [-0.2, -0.15) is 0 Å². The van der Waals surface area contributed by atoms with Gasteiger partial charge in [0.05, 0.1) is 33.0 Å². The summed E-state index contributed by atoms with van der Waals surface area (Å²) in [6, 6.07) is 40.0. The summed E-state index contributed by atoms with van der Waals surface area (Å²) in [7, 11) is 0. The Labute approximate surface area is 254 Å². The Hall–Kier alpha value is -3.94. The van der Waals surface area contributed by atoms with Crippen molar-refractivity contribution in [1.82, 2.24) is 0 Å². The number of ether oxygens (including phenoxy) is 5. The van der Waals surface area contributed by atoms with E-state index in [-0.39, 0.29) is 12.4 Å². The van der Waals surface area contributed by atoms with Crippen molar-refractivity contribution in [2.75, 3.05) is 6.61 Å². The zero-order valence-corrected chi connectivity index (χ0v) is 24.6. The van der Waals surface area contributed by atoms with Crippen LogP contribution in [0.15, 0.2) is 133 Å². The van der Waals surface area contributed by atoms with Gasteiger partial charge in [0.1, 0.15) is 24.1 Å². The van der Waals surface area contributed by atoms with Crippen LogP contribution >= 0.6 is 0 Å². The fourth-order valence-electron chi connectivity index (χ4n) is 5.08. The molecule has 1 N–H and O–H groups in total. The van der Waals surface area contributed by atoms with E-state index in [1.807, 2.05) is 128 Å². The molecule has 4 atom stereocenters. The summed E-state index contributed by atoms with van der Waals surface area (Å²) < 4.78 is 32.5. The first kappa shape index (κ1) is 30.5. The van der Waals surface area contributed by atoms with Gasteiger partial charge >= 0.3 is 0 Å². The van der Waals surface area contributed by atoms with Crippen LogP contribution in [0.25, 0.3) is 0 Å². The zero-order chi connectivity index (χ0) is 29.7. The number of allylic oxidation sites excluding steroid dienone is 1. The highest BCUT2D eigenvalue weighted by Gasteiger charge is 2.47. The minimum atomic E-state index is -0.699. The van der Waals surface area contributed by atoms with E-state index in [9.17, 15) is 5.11 Å². The highest BCUT2D eigenvalue weighted by molar-refractivity contribution is 5.19. The Bertz CT molecular complexity index is 1380. The lowest BCUT2D eigenvalue weighted by Gasteiger charge is -2.43. The van der Waals surface area contributed by atoms with Crippen molar-refractivity contribution >= 4 is 0 Å². The lowest BCUT2D eigenvalue weighted by molar-refractivity contribution is -0.225. The largest absolute Gasteiger partial charge is 0.509 e. The van der Waals surface area contributed by atoms with Crippen molar-refractivity contribution in [3.05, 3.63) is 155 Å². The van der Waals surface area contributed by atoms with Gasteiger partial charge in [0.2, 0.25) is 0 Å². The predicted octanol–water partition coefficient (Wildman–Crippen LogP) is 7.54. The van der Waals surface area contributed by atoms with Crippen LogP contribution in [0.4, 0.5) is 0 Å². The summed E-state index contributed by atoms with van der Waals surface area (Å²) in [4.78, 5) is 0. The predicted molar refractivity (Wildman–Crippen MR) is 166 cm³/mol. The van der Waals surface area contributed by atoms with E-state index in [0.717, 1.165) is 22.3 Å². The fraction of sp³-hybridized carbons (Fsp3) is 0.297. The standard InChI is InChI=1S/C37H40O6/c1-2-32(38)34-36(41-25-30-19-11-5-12-20-30)37(42-26-31-21-13-6-14-22-31)35(40-24-29-17-9-4-10-18-29)33(43-34)27-39-23-28-15-7-3-8-16-28/h3-22,33,35-38H,2,23-27H2,1H3/b34-32-/t33-,35-,36+,37+/m1/s1. The molecule has 224 valence electrons. The molecule has 0 aromatic heterocycles. The first-order chi connectivity index (χ1) is 21.2. The summed E-state index contributed by atoms with van der Waals surface area (Å²) >= 11 is 0. The van der Waals surface area contributed by atoms with Gasteiger partial charge in [-0.1, -0.05) is 128 Å². The summed E-state index contributed by atoms with van der Waals surface area (Å²) in [6.07, 6.45) is -1.99. The third kappa shape index (κ3) is 8.78. The molecule has 4 aromatic carbocycles. The van der Waals surface area contributed by atoms with Crippen LogP contribution in [0.3, 0.4) is 0 Å². The van der Waals surface area contributed by atoms with Gasteiger partial charge in [-0.25, -0.2) is 0 Å². The Morgan fingerprint density at radius 2 is 1.00 bits per heavy atom. The second-order valence-electron chi connectivity index (χ2n) is 10.6. The van der Waals surface area contributed by atoms with Crippen LogP contribution in [0, 0.1) is 0 Å². The number of aliphatic hydroxyl groups is 1. The van der Waals surface area contributed by atoms with E-state index in [1.54, 1.807) is 0 Å². The lowest BCUT2D eigenvalue weighted by Crippen LogP contribution is -2.56. The quantitative estimate of drug-likeness (QED) is 0.156. The van der Waals surface area contributed by atoms with Gasteiger partial charge in [-0.3, -0.25) is 0 Å². The second kappa shape index (κ2) is 16.1. The molecule has 0 spiro atoms. The van der Waals surface area contributed by atoms with Crippen molar-refractivity contribution in [2.24, 2.45) is 0 Å². The third-order valence-electron chi connectivity index (χ3n) is 7.38. The van der Waals surface area contributed by atoms with E-state index >= 15 is 0 Å². The molecule has 1 aliphatic rings. The molecule has 1 heterocycles. The van der Waals surface area contributed by atoms with E-state index in [0.29, 0.717) is 38.6 Å². The first-order valence-electron chi connectivity index (χ1n) is 14.9. The number of hydrogen-bond acceptors (Lipinski definition) is 6. The maximum Gasteiger partial charge on any atom is 0.165 e. The van der Waals surface area contributed by atoms with Crippen LogP contribution in [0.2, 0.25) is 0 Å². The average molecular weight is 581 g/mol. The van der Waals surface area contributed by atoms with E-state index in [4.69, 9.17) is 23.7 Å². The molecule has 1 fully saturated rings. The SMILES string of the molecule is CC/C(O)=C1/O[C@H](COCc2ccccc2)[C@@H](OCc2ccccc2)[C@H](OCc2ccccc2)[C@H]1OCc1ccccc1. The summed E-state index contributed by atoms with van der Waals surface area (Å²) in [5.74, 6) is 0.491. The maximum atomic E-state index is 11.1. The molecule has 43 heavy (non-hydrogen) atoms. The van der Waals surface area contributed by atoms with Crippen LogP contribution < -0.4 is 0 Å². The van der Waals surface area contributed by atoms with Crippen LogP contribution in [-0.2, 0) is 50.1 Å². The molecule has 0 amide bonds. The van der Waals surface area contributed by atoms with Gasteiger partial charge in [0, 0.05) is 6.42 Å². The van der Waals surface area contributed by atoms with Crippen molar-refractivity contribution in [1.29, 1.82) is 0 Å². The normalized spacial score (nSPS) is 21.2. The molecule has 6 heteroatoms. The minimum absolute atomic E-state index is 0.126. The van der Waals surface area contributed by atoms with Crippen LogP contribution in [0.5, 0.6) is 0 Å². The summed E-state index contributed by atoms with van der Waals surface area (Å²) in [5, 5.41) is 11.1. The zero-order valence-electron chi connectivity index (χ0n) is 24.6. The van der Waals surface area contributed by atoms with Gasteiger partial charge in [-0.05, 0) is 22.3 Å². The Balaban J connectivity index is 1.45. The Morgan fingerprint density at radius 3 is 1.47 bits per heavy atom. The van der Waals surface area contributed by atoms with E-state index in [2.05, 4.69) is 0 Å². The van der Waals surface area contributed by atoms with Gasteiger partial charge in [-0.15, -0.1) is 0 Å². The topological polar surface area (TPSA) is 66.4 Å². The highest BCUT2D eigenvalue weighted by atomic mass is 16.6. The smallest absolute Gasteiger partial charge is 0.165 e. The Kier molecular flexibility index (Phi) is 11.4. The van der Waals surface area contributed by atoms with Crippen LogP contribution in [-0.4, -0.2) is 36.1 Å². The van der Waals surface area contributed by atoms with Crippen molar-refractivity contribution in [3.63, 3.8) is 0 Å². The average Bonchev–Trinajstić information content (AvgIpc) is 3.07. The van der Waals surface area contributed by atoms with Gasteiger partial charge in [0.25, 0.3) is 0 Å². The van der Waals surface area contributed by atoms with Crippen molar-refractivity contribution in [3.8, 4) is 0 Å². The molecular weight excluding hydrogens is 540 g/mol. The highest BCUT2D eigenvalue weighted by Crippen LogP contribution is 2.34. The van der Waals surface area contributed by atoms with Gasteiger partial charge < -0.3 is 28.8 Å². The molecule has 0 radical (unpaired) electrons. The maximum absolute atomic E-state index is 11.1. The van der Waals surface area contributed by atoms with Crippen molar-refractivity contribution in [2.45, 2.75) is 64.2 Å². The molecular formula is C37H40O6. The van der Waals surface area contributed by atoms with Crippen LogP contribution in [0.1, 0.15) is 35.6 Å². The molecule has 0 saturated carbocycles. The lowest BCUT2D eigenvalue weighted by atomic mass is 9.95. The van der Waals surface area contributed by atoms with Crippen molar-refractivity contribution < 1.29 is 28.8 Å². The number of hydrogen-bond donors (Lipinski definition) is 1. The Morgan fingerprint density at radius 1 is 0.581 bits per heavy atom. The molecule has 0 aliphatic carbocycles. The number of aliphatic hydroxyl groups excluding tert-OH is 1. The number of rotatable bonds is 14. The van der Waals surface area contributed by atoms with Gasteiger partial charge in [0.15, 0.2) is 11.9 Å². The summed E-state index contributed by atoms with van der Waals surface area (Å²) in [5.41, 5.74) is 4.13. The summed E-state index contributed by atoms with van der Waals surface area (Å²) in [6.45, 7) is 3.58. The molecule has 6 nitrogen and oxygen atoms in total. The molecule has 0 bridgehead atoms. The fourth-order valence-corrected chi connectivity index (χ4v) is 5.08. The molecule has 1 aliphatic heterocycles. The first-order valence-corrected chi connectivity index (χ1v) is 14.9. The minimum Gasteiger partial charge on any atom is -0.509 e.